The Kier molecular flexibility index (Phi) is 11.2. The third-order valence-corrected chi connectivity index (χ3v) is 5.92. The number of hydrogen-bond donors (Lipinski definition) is 4. The maximum Gasteiger partial charge on any atom is 0.125 e. The number of phenols is 1. The monoisotopic (exact) mass is 452 g/mol. The Labute approximate surface area is 198 Å². The van der Waals surface area contributed by atoms with Gasteiger partial charge in [-0.25, -0.2) is 0 Å². The summed E-state index contributed by atoms with van der Waals surface area (Å²) in [6.45, 7) is 9.35. The number of nitroso groups, excluding NO2 is 1. The van der Waals surface area contributed by atoms with Crippen LogP contribution in [-0.2, 0) is 6.54 Å². The molecule has 0 saturated heterocycles. The lowest BCUT2D eigenvalue weighted by molar-refractivity contribution is 0.473. The molecule has 5 N–H and O–H groups in total. The molecule has 2 aromatic carbocycles. The van der Waals surface area contributed by atoms with Crippen molar-refractivity contribution in [1.82, 2.24) is 10.6 Å². The Hall–Kier alpha value is -2.54. The number of aromatic hydroxyl groups is 1. The molecule has 6 nitrogen and oxygen atoms in total. The summed E-state index contributed by atoms with van der Waals surface area (Å²) in [4.78, 5) is 11.3. The molecule has 2 aromatic rings. The van der Waals surface area contributed by atoms with Crippen LogP contribution >= 0.6 is 0 Å². The van der Waals surface area contributed by atoms with Crippen LogP contribution in [-0.4, -0.2) is 31.8 Å². The zero-order valence-electron chi connectivity index (χ0n) is 20.6. The zero-order valence-corrected chi connectivity index (χ0v) is 20.6. The van der Waals surface area contributed by atoms with E-state index in [1.165, 1.54) is 18.1 Å². The van der Waals surface area contributed by atoms with E-state index in [0.29, 0.717) is 12.1 Å². The number of hydrogen-bond acceptors (Lipinski definition) is 6. The maximum absolute atomic E-state index is 11.3. The standard InChI is InChI=1S/C27H40N4O2/c1-5-8-22(21-11-9-20(10-12-21)18-30-14-7-6-13-29-4)25(17-28)24-15-23(19(2)3)26(31-33)16-27(24)32/h9-12,15-16,19,29-30,32H,5-8,13-14,17-18,28H2,1-4H3/b25-22-. The molecule has 0 aliphatic rings. The number of benzene rings is 2. The quantitative estimate of drug-likeness (QED) is 0.168. The summed E-state index contributed by atoms with van der Waals surface area (Å²) >= 11 is 0. The molecule has 180 valence electrons. The van der Waals surface area contributed by atoms with Gasteiger partial charge < -0.3 is 21.5 Å². The van der Waals surface area contributed by atoms with E-state index in [-0.39, 0.29) is 17.4 Å². The summed E-state index contributed by atoms with van der Waals surface area (Å²) in [5.41, 5.74) is 12.4. The van der Waals surface area contributed by atoms with Crippen LogP contribution in [0.2, 0.25) is 0 Å². The molecular formula is C27H40N4O2. The molecule has 0 saturated carbocycles. The molecule has 0 fully saturated rings. The van der Waals surface area contributed by atoms with Gasteiger partial charge in [0.2, 0.25) is 0 Å². The number of nitrogens with one attached hydrogen (secondary N) is 2. The first-order valence-corrected chi connectivity index (χ1v) is 12.0. The van der Waals surface area contributed by atoms with E-state index in [1.807, 2.05) is 27.0 Å². The molecule has 0 bridgehead atoms. The molecule has 0 radical (unpaired) electrons. The van der Waals surface area contributed by atoms with Crippen LogP contribution in [0.5, 0.6) is 5.75 Å². The van der Waals surface area contributed by atoms with Crippen molar-refractivity contribution in [3.05, 3.63) is 63.6 Å². The first-order valence-electron chi connectivity index (χ1n) is 12.0. The van der Waals surface area contributed by atoms with Crippen molar-refractivity contribution in [3.63, 3.8) is 0 Å². The molecule has 0 amide bonds. The van der Waals surface area contributed by atoms with Crippen molar-refractivity contribution in [1.29, 1.82) is 0 Å². The average molecular weight is 453 g/mol. The van der Waals surface area contributed by atoms with Gasteiger partial charge in [0, 0.05) is 24.7 Å². The number of rotatable bonds is 14. The predicted octanol–water partition coefficient (Wildman–Crippen LogP) is 5.67. The minimum Gasteiger partial charge on any atom is -0.507 e. The molecular weight excluding hydrogens is 412 g/mol. The Morgan fingerprint density at radius 1 is 1.09 bits per heavy atom. The van der Waals surface area contributed by atoms with Crippen LogP contribution < -0.4 is 16.4 Å². The lowest BCUT2D eigenvalue weighted by Crippen LogP contribution is -2.16. The van der Waals surface area contributed by atoms with Gasteiger partial charge in [0.1, 0.15) is 11.4 Å². The largest absolute Gasteiger partial charge is 0.507 e. The lowest BCUT2D eigenvalue weighted by Gasteiger charge is -2.19. The van der Waals surface area contributed by atoms with E-state index in [1.54, 1.807) is 0 Å². The second-order valence-electron chi connectivity index (χ2n) is 8.77. The molecule has 0 aliphatic heterocycles. The summed E-state index contributed by atoms with van der Waals surface area (Å²) < 4.78 is 0. The van der Waals surface area contributed by atoms with Crippen molar-refractivity contribution >= 4 is 16.8 Å². The van der Waals surface area contributed by atoms with Gasteiger partial charge >= 0.3 is 0 Å². The van der Waals surface area contributed by atoms with Crippen molar-refractivity contribution < 1.29 is 5.11 Å². The number of nitrogens with two attached hydrogens (primary N) is 1. The highest BCUT2D eigenvalue weighted by molar-refractivity contribution is 5.93. The van der Waals surface area contributed by atoms with Gasteiger partial charge in [0.25, 0.3) is 0 Å². The van der Waals surface area contributed by atoms with Crippen molar-refractivity contribution in [2.45, 2.75) is 58.9 Å². The Morgan fingerprint density at radius 2 is 1.79 bits per heavy atom. The van der Waals surface area contributed by atoms with Crippen LogP contribution in [0.25, 0.3) is 11.1 Å². The first kappa shape index (κ1) is 26.7. The van der Waals surface area contributed by atoms with Gasteiger partial charge in [0.05, 0.1) is 0 Å². The molecule has 0 aromatic heterocycles. The Bertz CT molecular complexity index is 920. The fraction of sp³-hybridized carbons (Fsp3) is 0.481. The van der Waals surface area contributed by atoms with E-state index in [9.17, 15) is 10.0 Å². The molecule has 0 aliphatic carbocycles. The summed E-state index contributed by atoms with van der Waals surface area (Å²) in [5, 5.41) is 20.5. The molecule has 2 rings (SSSR count). The highest BCUT2D eigenvalue weighted by atomic mass is 16.3. The maximum atomic E-state index is 11.3. The van der Waals surface area contributed by atoms with Gasteiger partial charge in [-0.05, 0) is 84.4 Å². The van der Waals surface area contributed by atoms with Gasteiger partial charge in [-0.2, -0.15) is 0 Å². The molecule has 0 spiro atoms. The lowest BCUT2D eigenvalue weighted by atomic mass is 9.88. The summed E-state index contributed by atoms with van der Waals surface area (Å²) in [7, 11) is 1.98. The Balaban J connectivity index is 2.34. The highest BCUT2D eigenvalue weighted by Gasteiger charge is 2.18. The topological polar surface area (TPSA) is 99.7 Å². The fourth-order valence-electron chi connectivity index (χ4n) is 4.10. The summed E-state index contributed by atoms with van der Waals surface area (Å²) in [6, 6.07) is 11.9. The smallest absolute Gasteiger partial charge is 0.125 e. The summed E-state index contributed by atoms with van der Waals surface area (Å²) in [6.07, 6.45) is 4.13. The van der Waals surface area contributed by atoms with E-state index < -0.39 is 0 Å². The molecule has 0 atom stereocenters. The third-order valence-electron chi connectivity index (χ3n) is 5.92. The molecule has 0 unspecified atom stereocenters. The van der Waals surface area contributed by atoms with Gasteiger partial charge in [-0.1, -0.05) is 51.5 Å². The highest BCUT2D eigenvalue weighted by Crippen LogP contribution is 2.39. The molecule has 6 heteroatoms. The fourth-order valence-corrected chi connectivity index (χ4v) is 4.10. The number of unbranched alkanes of at least 4 members (excludes halogenated alkanes) is 1. The van der Waals surface area contributed by atoms with Gasteiger partial charge in [-0.3, -0.25) is 0 Å². The minimum absolute atomic E-state index is 0.0437. The van der Waals surface area contributed by atoms with Crippen LogP contribution in [0.15, 0.2) is 41.6 Å². The molecule has 0 heterocycles. The van der Waals surface area contributed by atoms with E-state index in [2.05, 4.69) is 47.0 Å². The van der Waals surface area contributed by atoms with Crippen LogP contribution in [0.3, 0.4) is 0 Å². The van der Waals surface area contributed by atoms with Crippen LogP contribution in [0.1, 0.15) is 74.6 Å². The second-order valence-corrected chi connectivity index (χ2v) is 8.77. The van der Waals surface area contributed by atoms with Crippen molar-refractivity contribution in [3.8, 4) is 5.75 Å². The minimum atomic E-state index is 0.0437. The van der Waals surface area contributed by atoms with Gasteiger partial charge in [0.15, 0.2) is 0 Å². The first-order chi connectivity index (χ1) is 16.0. The number of nitrogens with zero attached hydrogens (tertiary/aromatic N) is 1. The Morgan fingerprint density at radius 3 is 2.36 bits per heavy atom. The number of allylic oxidation sites excluding steroid dienone is 1. The van der Waals surface area contributed by atoms with Crippen molar-refractivity contribution in [2.24, 2.45) is 10.9 Å². The van der Waals surface area contributed by atoms with E-state index in [0.717, 1.165) is 61.2 Å². The third kappa shape index (κ3) is 7.49. The number of phenolic OH excluding ortho intramolecular Hbond substituents is 1. The van der Waals surface area contributed by atoms with Crippen LogP contribution in [0, 0.1) is 4.91 Å². The predicted molar refractivity (Wildman–Crippen MR) is 140 cm³/mol. The normalized spacial score (nSPS) is 12.2. The van der Waals surface area contributed by atoms with E-state index >= 15 is 0 Å². The molecule has 33 heavy (non-hydrogen) atoms. The van der Waals surface area contributed by atoms with Crippen LogP contribution in [0.4, 0.5) is 5.69 Å². The van der Waals surface area contributed by atoms with E-state index in [4.69, 9.17) is 5.73 Å². The summed E-state index contributed by atoms with van der Waals surface area (Å²) in [5.74, 6) is 0.151. The van der Waals surface area contributed by atoms with Crippen molar-refractivity contribution in [2.75, 3.05) is 26.7 Å². The SMILES string of the molecule is CCC/C(=C(\CN)c1cc(C(C)C)c(N=O)cc1O)c1ccc(CNCCCCNC)cc1. The average Bonchev–Trinajstić information content (AvgIpc) is 2.82. The zero-order chi connectivity index (χ0) is 24.2. The van der Waals surface area contributed by atoms with Gasteiger partial charge in [-0.15, -0.1) is 4.91 Å². The second kappa shape index (κ2) is 13.9.